The molecule has 3 rings (SSSR count). The number of hydrogen-bond donors (Lipinski definition) is 2. The average Bonchev–Trinajstić information content (AvgIpc) is 2.61. The summed E-state index contributed by atoms with van der Waals surface area (Å²) in [6.07, 6.45) is 0. The second kappa shape index (κ2) is 6.59. The Morgan fingerprint density at radius 1 is 0.846 bits per heavy atom. The van der Waals surface area contributed by atoms with E-state index in [0.717, 1.165) is 11.1 Å². The minimum Gasteiger partial charge on any atom is -0.506 e. The second-order valence-electron chi connectivity index (χ2n) is 6.70. The van der Waals surface area contributed by atoms with E-state index >= 15 is 0 Å². The van der Waals surface area contributed by atoms with Gasteiger partial charge < -0.3 is 5.11 Å². The molecule has 0 fully saturated rings. The van der Waals surface area contributed by atoms with Crippen molar-refractivity contribution in [1.29, 1.82) is 0 Å². The monoisotopic (exact) mass is 368 g/mol. The molecule has 0 amide bonds. The highest BCUT2D eigenvalue weighted by Crippen LogP contribution is 2.42. The normalized spacial score (nSPS) is 12.1. The highest BCUT2D eigenvalue weighted by atomic mass is 32.2. The molecule has 0 heterocycles. The van der Waals surface area contributed by atoms with Crippen LogP contribution in [0.3, 0.4) is 0 Å². The minimum absolute atomic E-state index is 0.473. The van der Waals surface area contributed by atoms with Crippen molar-refractivity contribution in [2.24, 2.45) is 0 Å². The number of benzene rings is 3. The highest BCUT2D eigenvalue weighted by Gasteiger charge is 2.29. The van der Waals surface area contributed by atoms with Crippen molar-refractivity contribution >= 4 is 10.1 Å². The lowest BCUT2D eigenvalue weighted by Gasteiger charge is -2.29. The summed E-state index contributed by atoms with van der Waals surface area (Å²) >= 11 is 0. The summed E-state index contributed by atoms with van der Waals surface area (Å²) in [6, 6.07) is 21.9. The summed E-state index contributed by atoms with van der Waals surface area (Å²) in [6.45, 7) is 3.96. The largest absolute Gasteiger partial charge is 0.506 e. The van der Waals surface area contributed by atoms with Gasteiger partial charge in [-0.2, -0.15) is 8.42 Å². The number of phenolic OH excluding ortho intramolecular Hbond substituents is 1. The summed E-state index contributed by atoms with van der Waals surface area (Å²) < 4.78 is 32.9. The second-order valence-corrected chi connectivity index (χ2v) is 8.09. The van der Waals surface area contributed by atoms with Crippen LogP contribution in [0.5, 0.6) is 5.75 Å². The maximum Gasteiger partial charge on any atom is 0.298 e. The minimum atomic E-state index is -4.55. The molecule has 2 N–H and O–H groups in total. The van der Waals surface area contributed by atoms with Crippen LogP contribution >= 0.6 is 0 Å². The van der Waals surface area contributed by atoms with Gasteiger partial charge >= 0.3 is 0 Å². The lowest BCUT2D eigenvalue weighted by molar-refractivity contribution is 0.442. The van der Waals surface area contributed by atoms with Crippen molar-refractivity contribution in [1.82, 2.24) is 0 Å². The fraction of sp³-hybridized carbons (Fsp3) is 0.143. The van der Waals surface area contributed by atoms with E-state index < -0.39 is 26.2 Å². The molecule has 0 aromatic heterocycles. The first-order valence-electron chi connectivity index (χ1n) is 8.17. The number of aromatic hydroxyl groups is 1. The molecule has 26 heavy (non-hydrogen) atoms. The summed E-state index contributed by atoms with van der Waals surface area (Å²) in [5.74, 6) is -0.473. The Balaban J connectivity index is 2.34. The Hall–Kier alpha value is -2.63. The van der Waals surface area contributed by atoms with Crippen LogP contribution in [0.4, 0.5) is 0 Å². The molecule has 5 heteroatoms. The van der Waals surface area contributed by atoms with Gasteiger partial charge in [-0.25, -0.2) is 0 Å². The summed E-state index contributed by atoms with van der Waals surface area (Å²) in [4.78, 5) is -0.490. The highest BCUT2D eigenvalue weighted by molar-refractivity contribution is 7.86. The van der Waals surface area contributed by atoms with Gasteiger partial charge in [-0.05, 0) is 34.4 Å². The van der Waals surface area contributed by atoms with Crippen LogP contribution in [0.1, 0.15) is 25.0 Å². The zero-order chi connectivity index (χ0) is 18.9. The van der Waals surface area contributed by atoms with Crippen molar-refractivity contribution in [2.75, 3.05) is 0 Å². The third-order valence-electron chi connectivity index (χ3n) is 4.63. The zero-order valence-corrected chi connectivity index (χ0v) is 15.4. The molecule has 3 aromatic rings. The Morgan fingerprint density at radius 3 is 1.92 bits per heavy atom. The molecule has 0 bridgehead atoms. The van der Waals surface area contributed by atoms with Crippen molar-refractivity contribution in [2.45, 2.75) is 24.2 Å². The van der Waals surface area contributed by atoms with Crippen molar-refractivity contribution in [3.8, 4) is 16.9 Å². The topological polar surface area (TPSA) is 74.6 Å². The van der Waals surface area contributed by atoms with Gasteiger partial charge in [0.1, 0.15) is 10.6 Å². The summed E-state index contributed by atoms with van der Waals surface area (Å²) in [7, 11) is -4.55. The van der Waals surface area contributed by atoms with Crippen LogP contribution in [0.2, 0.25) is 0 Å². The number of rotatable bonds is 4. The van der Waals surface area contributed by atoms with E-state index in [1.165, 1.54) is 12.1 Å². The molecule has 3 aromatic carbocycles. The van der Waals surface area contributed by atoms with Crippen LogP contribution in [0, 0.1) is 0 Å². The smallest absolute Gasteiger partial charge is 0.298 e. The molecule has 0 radical (unpaired) electrons. The first kappa shape index (κ1) is 18.2. The lowest BCUT2D eigenvalue weighted by atomic mass is 9.75. The SMILES string of the molecule is CC(C)(c1ccccc1)c1cc(S(=O)(=O)O)c(O)cc1-c1ccccc1. The van der Waals surface area contributed by atoms with E-state index in [-0.39, 0.29) is 0 Å². The Labute approximate surface area is 153 Å². The maximum atomic E-state index is 11.7. The van der Waals surface area contributed by atoms with Crippen molar-refractivity contribution in [3.05, 3.63) is 83.9 Å². The summed E-state index contributed by atoms with van der Waals surface area (Å²) in [5.41, 5.74) is 2.69. The van der Waals surface area contributed by atoms with E-state index in [9.17, 15) is 18.1 Å². The van der Waals surface area contributed by atoms with Crippen LogP contribution in [0.25, 0.3) is 11.1 Å². The van der Waals surface area contributed by atoms with Crippen LogP contribution < -0.4 is 0 Å². The molecular weight excluding hydrogens is 348 g/mol. The van der Waals surface area contributed by atoms with Gasteiger partial charge in [0.2, 0.25) is 0 Å². The lowest BCUT2D eigenvalue weighted by Crippen LogP contribution is -2.20. The fourth-order valence-electron chi connectivity index (χ4n) is 3.16. The first-order valence-corrected chi connectivity index (χ1v) is 9.61. The van der Waals surface area contributed by atoms with Gasteiger partial charge in [0, 0.05) is 5.41 Å². The predicted molar refractivity (Wildman–Crippen MR) is 102 cm³/mol. The van der Waals surface area contributed by atoms with Gasteiger partial charge in [0.05, 0.1) is 0 Å². The molecule has 0 aliphatic carbocycles. The quantitative estimate of drug-likeness (QED) is 0.658. The maximum absolute atomic E-state index is 11.7. The Morgan fingerprint density at radius 2 is 1.38 bits per heavy atom. The van der Waals surface area contributed by atoms with Crippen LogP contribution in [0.15, 0.2) is 77.7 Å². The van der Waals surface area contributed by atoms with Gasteiger partial charge in [0.25, 0.3) is 10.1 Å². The van der Waals surface area contributed by atoms with Crippen LogP contribution in [-0.2, 0) is 15.5 Å². The van der Waals surface area contributed by atoms with Gasteiger partial charge in [-0.3, -0.25) is 4.55 Å². The molecule has 0 aliphatic rings. The molecule has 4 nitrogen and oxygen atoms in total. The molecule has 134 valence electrons. The third-order valence-corrected chi connectivity index (χ3v) is 5.51. The van der Waals surface area contributed by atoms with Gasteiger partial charge in [0.15, 0.2) is 0 Å². The zero-order valence-electron chi connectivity index (χ0n) is 14.5. The average molecular weight is 368 g/mol. The summed E-state index contributed by atoms with van der Waals surface area (Å²) in [5, 5.41) is 10.2. The fourth-order valence-corrected chi connectivity index (χ4v) is 3.75. The third kappa shape index (κ3) is 3.36. The Kier molecular flexibility index (Phi) is 4.61. The molecule has 0 atom stereocenters. The molecular formula is C21H20O4S. The van der Waals surface area contributed by atoms with E-state index in [0.29, 0.717) is 11.1 Å². The van der Waals surface area contributed by atoms with E-state index in [1.54, 1.807) is 0 Å². The number of hydrogen-bond acceptors (Lipinski definition) is 3. The van der Waals surface area contributed by atoms with Gasteiger partial charge in [-0.1, -0.05) is 74.5 Å². The van der Waals surface area contributed by atoms with E-state index in [2.05, 4.69) is 0 Å². The molecule has 0 saturated heterocycles. The van der Waals surface area contributed by atoms with E-state index in [1.807, 2.05) is 74.5 Å². The predicted octanol–water partition coefficient (Wildman–Crippen LogP) is 4.63. The number of phenols is 1. The van der Waals surface area contributed by atoms with Crippen molar-refractivity contribution < 1.29 is 18.1 Å². The first-order chi connectivity index (χ1) is 12.2. The molecule has 0 unspecified atom stereocenters. The molecule has 0 aliphatic heterocycles. The van der Waals surface area contributed by atoms with Crippen molar-refractivity contribution in [3.63, 3.8) is 0 Å². The van der Waals surface area contributed by atoms with Gasteiger partial charge in [-0.15, -0.1) is 0 Å². The van der Waals surface area contributed by atoms with Crippen LogP contribution in [-0.4, -0.2) is 18.1 Å². The molecule has 0 spiro atoms. The Bertz CT molecular complexity index is 1020. The standard InChI is InChI=1S/C21H20O4S/c1-21(2,16-11-7-4-8-12-16)18-14-20(26(23,24)25)19(22)13-17(18)15-9-5-3-6-10-15/h3-14,22H,1-2H3,(H,23,24,25). The van der Waals surface area contributed by atoms with E-state index in [4.69, 9.17) is 0 Å². The molecule has 0 saturated carbocycles.